The summed E-state index contributed by atoms with van der Waals surface area (Å²) < 4.78 is 10.4. The molecule has 0 saturated carbocycles. The molecule has 29 heavy (non-hydrogen) atoms. The number of guanidine groups is 1. The summed E-state index contributed by atoms with van der Waals surface area (Å²) in [6.45, 7) is 10.4. The molecule has 1 fully saturated rings. The summed E-state index contributed by atoms with van der Waals surface area (Å²) in [6, 6.07) is 10.7. The van der Waals surface area contributed by atoms with Crippen LogP contribution in [-0.4, -0.2) is 95.6 Å². The highest BCUT2D eigenvalue weighted by Gasteiger charge is 2.16. The maximum absolute atomic E-state index is 5.46. The predicted molar refractivity (Wildman–Crippen MR) is 130 cm³/mol. The summed E-state index contributed by atoms with van der Waals surface area (Å²) in [5.74, 6) is 0.861. The van der Waals surface area contributed by atoms with Crippen LogP contribution in [0.4, 0.5) is 0 Å². The van der Waals surface area contributed by atoms with Crippen molar-refractivity contribution in [2.75, 3.05) is 79.8 Å². The fourth-order valence-electron chi connectivity index (χ4n) is 3.19. The topological polar surface area (TPSA) is 61.4 Å². The highest BCUT2D eigenvalue weighted by molar-refractivity contribution is 14.0. The Hall–Kier alpha value is -0.940. The molecule has 0 bridgehead atoms. The van der Waals surface area contributed by atoms with Crippen LogP contribution in [0.2, 0.25) is 0 Å². The predicted octanol–water partition coefficient (Wildman–Crippen LogP) is 1.64. The van der Waals surface area contributed by atoms with Gasteiger partial charge in [-0.1, -0.05) is 30.3 Å². The SMILES string of the molecule is CN=C(NCCCOCCOC)NCCN1CCN(Cc2ccccc2)CC1.I. The quantitative estimate of drug-likeness (QED) is 0.190. The van der Waals surface area contributed by atoms with E-state index in [1.54, 1.807) is 7.11 Å². The Morgan fingerprint density at radius 3 is 2.34 bits per heavy atom. The van der Waals surface area contributed by atoms with Crippen molar-refractivity contribution in [3.05, 3.63) is 35.9 Å². The van der Waals surface area contributed by atoms with Crippen LogP contribution in [0, 0.1) is 0 Å². The molecule has 7 nitrogen and oxygen atoms in total. The number of hydrogen-bond donors (Lipinski definition) is 2. The van der Waals surface area contributed by atoms with Gasteiger partial charge in [-0.05, 0) is 12.0 Å². The van der Waals surface area contributed by atoms with Gasteiger partial charge in [-0.15, -0.1) is 24.0 Å². The summed E-state index contributed by atoms with van der Waals surface area (Å²) in [4.78, 5) is 9.34. The Labute approximate surface area is 193 Å². The number of piperazine rings is 1. The second-order valence-corrected chi connectivity index (χ2v) is 6.99. The molecule has 1 aromatic rings. The van der Waals surface area contributed by atoms with E-state index in [1.807, 2.05) is 7.05 Å². The third-order valence-electron chi connectivity index (χ3n) is 4.85. The molecule has 1 aliphatic rings. The minimum atomic E-state index is 0. The van der Waals surface area contributed by atoms with Gasteiger partial charge in [0.2, 0.25) is 0 Å². The molecule has 1 saturated heterocycles. The number of halogens is 1. The lowest BCUT2D eigenvalue weighted by Crippen LogP contribution is -2.49. The van der Waals surface area contributed by atoms with Crippen LogP contribution < -0.4 is 10.6 Å². The van der Waals surface area contributed by atoms with E-state index in [1.165, 1.54) is 5.56 Å². The zero-order valence-corrected chi connectivity index (χ0v) is 20.3. The molecule has 1 aromatic carbocycles. The van der Waals surface area contributed by atoms with Crippen molar-refractivity contribution in [3.8, 4) is 0 Å². The first-order valence-corrected chi connectivity index (χ1v) is 10.3. The lowest BCUT2D eigenvalue weighted by molar-refractivity contribution is 0.0698. The van der Waals surface area contributed by atoms with E-state index >= 15 is 0 Å². The van der Waals surface area contributed by atoms with E-state index < -0.39 is 0 Å². The van der Waals surface area contributed by atoms with Gasteiger partial charge in [-0.25, -0.2) is 0 Å². The number of methoxy groups -OCH3 is 1. The summed E-state index contributed by atoms with van der Waals surface area (Å²) in [7, 11) is 3.50. The molecule has 8 heteroatoms. The van der Waals surface area contributed by atoms with Gasteiger partial charge < -0.3 is 20.1 Å². The number of nitrogens with zero attached hydrogens (tertiary/aromatic N) is 3. The molecule has 1 heterocycles. The lowest BCUT2D eigenvalue weighted by Gasteiger charge is -2.34. The van der Waals surface area contributed by atoms with Crippen molar-refractivity contribution in [3.63, 3.8) is 0 Å². The first-order chi connectivity index (χ1) is 13.8. The summed E-state index contributed by atoms with van der Waals surface area (Å²) in [5, 5.41) is 6.74. The third-order valence-corrected chi connectivity index (χ3v) is 4.85. The van der Waals surface area contributed by atoms with Crippen molar-refractivity contribution in [1.29, 1.82) is 0 Å². The zero-order chi connectivity index (χ0) is 19.9. The highest BCUT2D eigenvalue weighted by Crippen LogP contribution is 2.07. The van der Waals surface area contributed by atoms with Gasteiger partial charge in [0.1, 0.15) is 0 Å². The monoisotopic (exact) mass is 519 g/mol. The van der Waals surface area contributed by atoms with E-state index in [0.717, 1.165) is 71.3 Å². The minimum absolute atomic E-state index is 0. The van der Waals surface area contributed by atoms with Gasteiger partial charge in [0.15, 0.2) is 5.96 Å². The highest BCUT2D eigenvalue weighted by atomic mass is 127. The van der Waals surface area contributed by atoms with E-state index in [9.17, 15) is 0 Å². The molecular weight excluding hydrogens is 481 g/mol. The van der Waals surface area contributed by atoms with E-state index in [2.05, 4.69) is 55.8 Å². The number of aliphatic imine (C=N–C) groups is 1. The third kappa shape index (κ3) is 11.7. The molecule has 0 aliphatic carbocycles. The Kier molecular flexibility index (Phi) is 15.1. The average Bonchev–Trinajstić information content (AvgIpc) is 2.74. The molecule has 0 atom stereocenters. The Balaban J connectivity index is 0.00000420. The van der Waals surface area contributed by atoms with Crippen molar-refractivity contribution in [1.82, 2.24) is 20.4 Å². The van der Waals surface area contributed by atoms with Crippen molar-refractivity contribution in [2.24, 2.45) is 4.99 Å². The number of benzene rings is 1. The van der Waals surface area contributed by atoms with Crippen molar-refractivity contribution < 1.29 is 9.47 Å². The first kappa shape index (κ1) is 26.1. The van der Waals surface area contributed by atoms with Gasteiger partial charge in [0.25, 0.3) is 0 Å². The van der Waals surface area contributed by atoms with Crippen molar-refractivity contribution >= 4 is 29.9 Å². The molecule has 0 amide bonds. The molecule has 0 aromatic heterocycles. The number of ether oxygens (including phenoxy) is 2. The number of hydrogen-bond acceptors (Lipinski definition) is 5. The van der Waals surface area contributed by atoms with Gasteiger partial charge in [0, 0.05) is 73.1 Å². The molecular formula is C21H38IN5O2. The van der Waals surface area contributed by atoms with Crippen LogP contribution in [0.5, 0.6) is 0 Å². The minimum Gasteiger partial charge on any atom is -0.382 e. The molecule has 166 valence electrons. The zero-order valence-electron chi connectivity index (χ0n) is 17.9. The molecule has 0 radical (unpaired) electrons. The maximum atomic E-state index is 5.46. The fourth-order valence-corrected chi connectivity index (χ4v) is 3.19. The van der Waals surface area contributed by atoms with Gasteiger partial charge >= 0.3 is 0 Å². The molecule has 2 rings (SSSR count). The smallest absolute Gasteiger partial charge is 0.191 e. The molecule has 0 unspecified atom stereocenters. The van der Waals surface area contributed by atoms with Crippen LogP contribution in [0.3, 0.4) is 0 Å². The Morgan fingerprint density at radius 1 is 0.966 bits per heavy atom. The molecule has 2 N–H and O–H groups in total. The standard InChI is InChI=1S/C21H37N5O2.HI/c1-22-21(23-9-6-16-28-18-17-27-2)24-10-11-25-12-14-26(15-13-25)19-20-7-4-3-5-8-20;/h3-5,7-8H,6,9-19H2,1-2H3,(H2,22,23,24);1H. The Bertz CT molecular complexity index is 539. The van der Waals surface area contributed by atoms with E-state index in [-0.39, 0.29) is 24.0 Å². The fraction of sp³-hybridized carbons (Fsp3) is 0.667. The van der Waals surface area contributed by atoms with Crippen LogP contribution in [0.1, 0.15) is 12.0 Å². The second-order valence-electron chi connectivity index (χ2n) is 6.99. The second kappa shape index (κ2) is 16.8. The number of rotatable bonds is 12. The summed E-state index contributed by atoms with van der Waals surface area (Å²) in [5.41, 5.74) is 1.40. The van der Waals surface area contributed by atoms with Crippen LogP contribution in [-0.2, 0) is 16.0 Å². The molecule has 1 aliphatic heterocycles. The normalized spacial score (nSPS) is 15.7. The Morgan fingerprint density at radius 2 is 1.66 bits per heavy atom. The van der Waals surface area contributed by atoms with Gasteiger partial charge in [-0.3, -0.25) is 14.8 Å². The van der Waals surface area contributed by atoms with Crippen LogP contribution in [0.25, 0.3) is 0 Å². The van der Waals surface area contributed by atoms with Crippen molar-refractivity contribution in [2.45, 2.75) is 13.0 Å². The largest absolute Gasteiger partial charge is 0.382 e. The first-order valence-electron chi connectivity index (χ1n) is 10.3. The van der Waals surface area contributed by atoms with Gasteiger partial charge in [-0.2, -0.15) is 0 Å². The summed E-state index contributed by atoms with van der Waals surface area (Å²) in [6.07, 6.45) is 0.952. The lowest BCUT2D eigenvalue weighted by atomic mass is 10.2. The van der Waals surface area contributed by atoms with E-state index in [4.69, 9.17) is 9.47 Å². The molecule has 0 spiro atoms. The van der Waals surface area contributed by atoms with E-state index in [0.29, 0.717) is 13.2 Å². The summed E-state index contributed by atoms with van der Waals surface area (Å²) >= 11 is 0. The van der Waals surface area contributed by atoms with Gasteiger partial charge in [0.05, 0.1) is 13.2 Å². The van der Waals surface area contributed by atoms with Crippen LogP contribution in [0.15, 0.2) is 35.3 Å². The average molecular weight is 519 g/mol. The maximum Gasteiger partial charge on any atom is 0.191 e. The van der Waals surface area contributed by atoms with Crippen LogP contribution >= 0.6 is 24.0 Å². The number of nitrogens with one attached hydrogen (secondary N) is 2.